The Morgan fingerprint density at radius 1 is 1.20 bits per heavy atom. The maximum Gasteiger partial charge on any atom is 0.263 e. The number of rotatable bonds is 6. The summed E-state index contributed by atoms with van der Waals surface area (Å²) in [5.74, 6) is -2.11. The second-order valence-corrected chi connectivity index (χ2v) is 8.92. The number of carbonyl (C=O) groups excluding carboxylic acids is 1. The first kappa shape index (κ1) is 21.3. The lowest BCUT2D eigenvalue weighted by Crippen LogP contribution is -2.39. The van der Waals surface area contributed by atoms with Crippen molar-refractivity contribution in [3.8, 4) is 0 Å². The number of fused-ring (bicyclic) bond motifs is 1. The molecule has 1 aliphatic heterocycles. The van der Waals surface area contributed by atoms with Crippen LogP contribution in [0.5, 0.6) is 0 Å². The number of thiazole rings is 1. The number of benzene rings is 2. The normalized spacial score (nSPS) is 14.9. The van der Waals surface area contributed by atoms with Gasteiger partial charge >= 0.3 is 0 Å². The van der Waals surface area contributed by atoms with Crippen molar-refractivity contribution >= 4 is 48.5 Å². The Hall–Kier alpha value is -1.94. The summed E-state index contributed by atoms with van der Waals surface area (Å²) in [6.07, 6.45) is 0.703. The molecule has 0 radical (unpaired) electrons. The molecule has 0 N–H and O–H groups in total. The fraction of sp³-hybridized carbons (Fsp3) is 0.333. The minimum Gasteiger partial charge on any atom is -0.379 e. The van der Waals surface area contributed by atoms with Crippen molar-refractivity contribution in [1.82, 2.24) is 9.88 Å². The molecule has 1 aliphatic rings. The number of anilines is 1. The van der Waals surface area contributed by atoms with Gasteiger partial charge in [-0.05, 0) is 36.8 Å². The number of amides is 1. The van der Waals surface area contributed by atoms with Crippen LogP contribution in [0, 0.1) is 11.6 Å². The van der Waals surface area contributed by atoms with Gasteiger partial charge in [0.1, 0.15) is 11.6 Å². The first-order valence-electron chi connectivity index (χ1n) is 9.64. The Bertz CT molecular complexity index is 1060. The van der Waals surface area contributed by atoms with Crippen molar-refractivity contribution in [2.24, 2.45) is 0 Å². The molecule has 0 spiro atoms. The monoisotopic (exact) mass is 495 g/mol. The highest BCUT2D eigenvalue weighted by Gasteiger charge is 2.24. The number of morpholine rings is 1. The van der Waals surface area contributed by atoms with E-state index in [0.717, 1.165) is 46.5 Å². The van der Waals surface area contributed by atoms with Crippen molar-refractivity contribution in [3.63, 3.8) is 0 Å². The first-order chi connectivity index (χ1) is 14.5. The highest BCUT2D eigenvalue weighted by atomic mass is 79.9. The van der Waals surface area contributed by atoms with Gasteiger partial charge in [-0.1, -0.05) is 27.3 Å². The second kappa shape index (κ2) is 9.47. The number of hydrogen-bond acceptors (Lipinski definition) is 5. The van der Waals surface area contributed by atoms with Crippen LogP contribution < -0.4 is 4.90 Å². The highest BCUT2D eigenvalue weighted by Crippen LogP contribution is 2.32. The molecule has 0 aliphatic carbocycles. The van der Waals surface area contributed by atoms with Gasteiger partial charge in [0.05, 0.1) is 29.0 Å². The zero-order valence-corrected chi connectivity index (χ0v) is 18.5. The third kappa shape index (κ3) is 4.85. The smallest absolute Gasteiger partial charge is 0.263 e. The van der Waals surface area contributed by atoms with Crippen molar-refractivity contribution in [3.05, 3.63) is 58.1 Å². The zero-order chi connectivity index (χ0) is 21.1. The second-order valence-electron chi connectivity index (χ2n) is 7.00. The highest BCUT2D eigenvalue weighted by molar-refractivity contribution is 9.10. The molecule has 0 saturated carbocycles. The minimum atomic E-state index is -0.873. The predicted octanol–water partition coefficient (Wildman–Crippen LogP) is 4.71. The molecule has 3 aromatic rings. The fourth-order valence-corrected chi connectivity index (χ4v) is 4.91. The Labute approximate surface area is 185 Å². The quantitative estimate of drug-likeness (QED) is 0.496. The van der Waals surface area contributed by atoms with E-state index in [1.54, 1.807) is 0 Å². The number of nitrogens with zero attached hydrogens (tertiary/aromatic N) is 3. The van der Waals surface area contributed by atoms with Gasteiger partial charge in [-0.3, -0.25) is 14.6 Å². The van der Waals surface area contributed by atoms with E-state index in [2.05, 4.69) is 25.8 Å². The van der Waals surface area contributed by atoms with E-state index >= 15 is 0 Å². The van der Waals surface area contributed by atoms with Crippen LogP contribution in [0.2, 0.25) is 0 Å². The van der Waals surface area contributed by atoms with Gasteiger partial charge in [0.25, 0.3) is 5.91 Å². The summed E-state index contributed by atoms with van der Waals surface area (Å²) in [6.45, 7) is 4.31. The molecule has 0 bridgehead atoms. The molecular formula is C21H20BrF2N3O2S. The molecule has 158 valence electrons. The average molecular weight is 496 g/mol. The van der Waals surface area contributed by atoms with Gasteiger partial charge < -0.3 is 4.74 Å². The molecular weight excluding hydrogens is 476 g/mol. The van der Waals surface area contributed by atoms with Crippen LogP contribution in [0.3, 0.4) is 0 Å². The Kier molecular flexibility index (Phi) is 6.72. The lowest BCUT2D eigenvalue weighted by Gasteiger charge is -2.27. The van der Waals surface area contributed by atoms with Crippen LogP contribution in [0.1, 0.15) is 16.8 Å². The molecule has 1 saturated heterocycles. The summed E-state index contributed by atoms with van der Waals surface area (Å²) >= 11 is 4.82. The predicted molar refractivity (Wildman–Crippen MR) is 117 cm³/mol. The summed E-state index contributed by atoms with van der Waals surface area (Å²) in [6, 6.07) is 8.70. The van der Waals surface area contributed by atoms with E-state index in [9.17, 15) is 13.6 Å². The summed E-state index contributed by atoms with van der Waals surface area (Å²) in [7, 11) is 0. The van der Waals surface area contributed by atoms with Crippen molar-refractivity contribution in [2.75, 3.05) is 44.3 Å². The maximum absolute atomic E-state index is 14.3. The van der Waals surface area contributed by atoms with Gasteiger partial charge in [0, 0.05) is 36.7 Å². The van der Waals surface area contributed by atoms with Gasteiger partial charge in [0.2, 0.25) is 0 Å². The third-order valence-corrected chi connectivity index (χ3v) is 6.47. The van der Waals surface area contributed by atoms with Crippen LogP contribution in [0.4, 0.5) is 13.9 Å². The molecule has 1 amide bonds. The van der Waals surface area contributed by atoms with Crippen molar-refractivity contribution < 1.29 is 18.3 Å². The van der Waals surface area contributed by atoms with Crippen LogP contribution >= 0.6 is 27.3 Å². The first-order valence-corrected chi connectivity index (χ1v) is 11.3. The molecule has 9 heteroatoms. The lowest BCUT2D eigenvalue weighted by molar-refractivity contribution is 0.0376. The van der Waals surface area contributed by atoms with E-state index in [-0.39, 0.29) is 5.56 Å². The van der Waals surface area contributed by atoms with Crippen LogP contribution in [-0.2, 0) is 4.74 Å². The lowest BCUT2D eigenvalue weighted by atomic mass is 10.1. The third-order valence-electron chi connectivity index (χ3n) is 4.94. The Balaban J connectivity index is 1.59. The molecule has 5 nitrogen and oxygen atoms in total. The van der Waals surface area contributed by atoms with Gasteiger partial charge in [-0.2, -0.15) is 0 Å². The summed E-state index contributed by atoms with van der Waals surface area (Å²) in [4.78, 5) is 21.5. The van der Waals surface area contributed by atoms with E-state index in [1.807, 2.05) is 18.2 Å². The van der Waals surface area contributed by atoms with E-state index in [0.29, 0.717) is 31.3 Å². The van der Waals surface area contributed by atoms with E-state index < -0.39 is 17.5 Å². The zero-order valence-electron chi connectivity index (χ0n) is 16.1. The maximum atomic E-state index is 14.3. The average Bonchev–Trinajstić information content (AvgIpc) is 3.14. The number of ether oxygens (including phenoxy) is 1. The summed E-state index contributed by atoms with van der Waals surface area (Å²) < 4.78 is 34.8. The number of hydrogen-bond donors (Lipinski definition) is 0. The molecule has 2 aromatic carbocycles. The number of aromatic nitrogens is 1. The standard InChI is InChI=1S/C21H20BrF2N3O2S/c22-14-2-5-18-19(12-14)30-21(25-18)27(7-1-6-26-8-10-29-11-9-26)20(28)16-4-3-15(23)13-17(16)24/h2-5,12-13H,1,6-11H2. The van der Waals surface area contributed by atoms with Crippen molar-refractivity contribution in [1.29, 1.82) is 0 Å². The summed E-state index contributed by atoms with van der Waals surface area (Å²) in [5.41, 5.74) is 0.604. The minimum absolute atomic E-state index is 0.164. The Morgan fingerprint density at radius 3 is 2.77 bits per heavy atom. The molecule has 4 rings (SSSR count). The topological polar surface area (TPSA) is 45.7 Å². The molecule has 0 atom stereocenters. The molecule has 2 heterocycles. The number of carbonyl (C=O) groups is 1. The Morgan fingerprint density at radius 2 is 2.00 bits per heavy atom. The fourth-order valence-electron chi connectivity index (χ4n) is 3.37. The van der Waals surface area contributed by atoms with Crippen molar-refractivity contribution in [2.45, 2.75) is 6.42 Å². The van der Waals surface area contributed by atoms with Gasteiger partial charge in [0.15, 0.2) is 5.13 Å². The largest absolute Gasteiger partial charge is 0.379 e. The van der Waals surface area contributed by atoms with Crippen LogP contribution in [0.15, 0.2) is 40.9 Å². The molecule has 1 fully saturated rings. The van der Waals surface area contributed by atoms with Crippen LogP contribution in [0.25, 0.3) is 10.2 Å². The molecule has 1 aromatic heterocycles. The SMILES string of the molecule is O=C(c1ccc(F)cc1F)N(CCCN1CCOCC1)c1nc2ccc(Br)cc2s1. The van der Waals surface area contributed by atoms with E-state index in [1.165, 1.54) is 22.3 Å². The van der Waals surface area contributed by atoms with E-state index in [4.69, 9.17) is 4.74 Å². The van der Waals surface area contributed by atoms with Crippen LogP contribution in [-0.4, -0.2) is 55.2 Å². The van der Waals surface area contributed by atoms with Gasteiger partial charge in [-0.15, -0.1) is 0 Å². The summed E-state index contributed by atoms with van der Waals surface area (Å²) in [5, 5.41) is 0.499. The number of halogens is 3. The molecule has 30 heavy (non-hydrogen) atoms. The van der Waals surface area contributed by atoms with Gasteiger partial charge in [-0.25, -0.2) is 13.8 Å². The molecule has 0 unspecified atom stereocenters.